The molecule has 4 aliphatic rings. The van der Waals surface area contributed by atoms with Crippen molar-refractivity contribution in [1.29, 1.82) is 0 Å². The summed E-state index contributed by atoms with van der Waals surface area (Å²) in [5, 5.41) is 7.79. The minimum Gasteiger partial charge on any atom is -0.316 e. The van der Waals surface area contributed by atoms with Gasteiger partial charge in [-0.2, -0.15) is 0 Å². The fourth-order valence-corrected chi connectivity index (χ4v) is 7.02. The lowest BCUT2D eigenvalue weighted by Crippen LogP contribution is -2.60. The Hall–Kier alpha value is -0.160. The van der Waals surface area contributed by atoms with Crippen molar-refractivity contribution in [1.82, 2.24) is 20.4 Å². The molecule has 4 atom stereocenters. The van der Waals surface area contributed by atoms with Crippen LogP contribution in [-0.4, -0.2) is 73.2 Å². The van der Waals surface area contributed by atoms with E-state index in [9.17, 15) is 0 Å². The lowest BCUT2D eigenvalue weighted by molar-refractivity contribution is 0.0163. The van der Waals surface area contributed by atoms with E-state index in [1.54, 1.807) is 0 Å². The van der Waals surface area contributed by atoms with Crippen molar-refractivity contribution >= 4 is 0 Å². The number of rotatable bonds is 4. The molecule has 0 amide bonds. The van der Waals surface area contributed by atoms with Crippen molar-refractivity contribution in [2.45, 2.75) is 96.2 Å². The fourth-order valence-electron chi connectivity index (χ4n) is 7.02. The van der Waals surface area contributed by atoms with E-state index in [2.05, 4.69) is 41.2 Å². The quantitative estimate of drug-likeness (QED) is 0.769. The highest BCUT2D eigenvalue weighted by Crippen LogP contribution is 2.40. The number of nitrogens with one attached hydrogen (secondary N) is 2. The summed E-state index contributed by atoms with van der Waals surface area (Å²) in [4.78, 5) is 5.57. The smallest absolute Gasteiger partial charge is 0.0309 e. The van der Waals surface area contributed by atoms with Crippen LogP contribution in [0.5, 0.6) is 0 Å². The van der Waals surface area contributed by atoms with Gasteiger partial charge in [-0.1, -0.05) is 6.42 Å². The molecule has 0 saturated carbocycles. The van der Waals surface area contributed by atoms with Crippen molar-refractivity contribution in [2.75, 3.05) is 45.8 Å². The molecule has 4 heteroatoms. The van der Waals surface area contributed by atoms with E-state index in [0.29, 0.717) is 17.0 Å². The van der Waals surface area contributed by atoms with Crippen LogP contribution < -0.4 is 10.6 Å². The first-order valence-corrected chi connectivity index (χ1v) is 12.4. The normalized spacial score (nSPS) is 39.6. The summed E-state index contributed by atoms with van der Waals surface area (Å²) in [6.07, 6.45) is 12.6. The number of hydrogen-bond donors (Lipinski definition) is 2. The maximum Gasteiger partial charge on any atom is 0.0309 e. The predicted molar refractivity (Wildman–Crippen MR) is 119 cm³/mol. The predicted octanol–water partition coefficient (Wildman–Crippen LogP) is 3.47. The van der Waals surface area contributed by atoms with Crippen molar-refractivity contribution in [2.24, 2.45) is 11.3 Å². The highest BCUT2D eigenvalue weighted by atomic mass is 15.2. The van der Waals surface area contributed by atoms with Crippen molar-refractivity contribution in [3.05, 3.63) is 0 Å². The van der Waals surface area contributed by atoms with Crippen LogP contribution in [0.25, 0.3) is 0 Å². The van der Waals surface area contributed by atoms with Crippen LogP contribution >= 0.6 is 0 Å². The van der Waals surface area contributed by atoms with Gasteiger partial charge in [0.15, 0.2) is 0 Å². The molecule has 4 aliphatic heterocycles. The summed E-state index contributed by atoms with van der Waals surface area (Å²) in [6.45, 7) is 16.2. The molecule has 4 heterocycles. The number of likely N-dealkylation sites (tertiary alicyclic amines) is 2. The van der Waals surface area contributed by atoms with Crippen LogP contribution in [0.1, 0.15) is 78.6 Å². The molecule has 2 N–H and O–H groups in total. The zero-order valence-corrected chi connectivity index (χ0v) is 18.9. The summed E-state index contributed by atoms with van der Waals surface area (Å²) in [5.41, 5.74) is 0.983. The Morgan fingerprint density at radius 1 is 0.929 bits per heavy atom. The lowest BCUT2D eigenvalue weighted by Gasteiger charge is -2.50. The Kier molecular flexibility index (Phi) is 6.71. The van der Waals surface area contributed by atoms with Crippen molar-refractivity contribution in [3.63, 3.8) is 0 Å². The van der Waals surface area contributed by atoms with Crippen LogP contribution in [0.2, 0.25) is 0 Å². The molecule has 4 fully saturated rings. The third kappa shape index (κ3) is 4.77. The first-order valence-electron chi connectivity index (χ1n) is 12.4. The Balaban J connectivity index is 1.33. The van der Waals surface area contributed by atoms with Crippen LogP contribution in [-0.2, 0) is 0 Å². The van der Waals surface area contributed by atoms with Gasteiger partial charge in [0.05, 0.1) is 0 Å². The van der Waals surface area contributed by atoms with Gasteiger partial charge in [-0.05, 0) is 110 Å². The number of piperidine rings is 4. The third-order valence-electron chi connectivity index (χ3n) is 8.56. The summed E-state index contributed by atoms with van der Waals surface area (Å²) in [5.74, 6) is 0.855. The Morgan fingerprint density at radius 3 is 2.50 bits per heavy atom. The maximum atomic E-state index is 3.93. The van der Waals surface area contributed by atoms with E-state index in [-0.39, 0.29) is 0 Å². The van der Waals surface area contributed by atoms with Gasteiger partial charge in [-0.15, -0.1) is 0 Å². The fraction of sp³-hybridized carbons (Fsp3) is 1.00. The summed E-state index contributed by atoms with van der Waals surface area (Å²) in [7, 11) is 0. The lowest BCUT2D eigenvalue weighted by atomic mass is 9.69. The number of nitrogens with zero attached hydrogens (tertiary/aromatic N) is 2. The van der Waals surface area contributed by atoms with E-state index >= 15 is 0 Å². The largest absolute Gasteiger partial charge is 0.316 e. The topological polar surface area (TPSA) is 30.5 Å². The van der Waals surface area contributed by atoms with Gasteiger partial charge in [0.2, 0.25) is 0 Å². The van der Waals surface area contributed by atoms with Gasteiger partial charge in [-0.25, -0.2) is 0 Å². The van der Waals surface area contributed by atoms with Gasteiger partial charge >= 0.3 is 0 Å². The molecule has 0 aliphatic carbocycles. The summed E-state index contributed by atoms with van der Waals surface area (Å²) < 4.78 is 0. The van der Waals surface area contributed by atoms with Gasteiger partial charge < -0.3 is 15.5 Å². The SMILES string of the molecule is CC(C)N1CCCC2(CNCC(CC(C)N3CCCC4(CCCCN4)C3)C2)C1. The summed E-state index contributed by atoms with van der Waals surface area (Å²) in [6, 6.07) is 1.43. The first-order chi connectivity index (χ1) is 13.5. The van der Waals surface area contributed by atoms with Gasteiger partial charge in [0.25, 0.3) is 0 Å². The Bertz CT molecular complexity index is 491. The molecule has 0 aromatic heterocycles. The Morgan fingerprint density at radius 2 is 1.71 bits per heavy atom. The van der Waals surface area contributed by atoms with Gasteiger partial charge in [0.1, 0.15) is 0 Å². The molecule has 0 bridgehead atoms. The summed E-state index contributed by atoms with van der Waals surface area (Å²) >= 11 is 0. The standard InChI is InChI=1S/C24H46N4/c1-20(2)27-12-6-8-23(18-27)15-22(16-25-17-23)14-21(3)28-13-7-10-24(19-28)9-4-5-11-26-24/h20-22,25-26H,4-19H2,1-3H3. The average molecular weight is 391 g/mol. The molecular formula is C24H46N4. The van der Waals surface area contributed by atoms with Gasteiger partial charge in [-0.3, -0.25) is 4.90 Å². The van der Waals surface area contributed by atoms with E-state index in [4.69, 9.17) is 0 Å². The zero-order chi connectivity index (χ0) is 19.6. The minimum absolute atomic E-state index is 0.442. The van der Waals surface area contributed by atoms with Crippen molar-refractivity contribution < 1.29 is 0 Å². The van der Waals surface area contributed by atoms with Crippen LogP contribution in [0.4, 0.5) is 0 Å². The second kappa shape index (κ2) is 8.91. The minimum atomic E-state index is 0.442. The number of hydrogen-bond acceptors (Lipinski definition) is 4. The van der Waals surface area contributed by atoms with Crippen LogP contribution in [0, 0.1) is 11.3 Å². The van der Waals surface area contributed by atoms with E-state index in [1.807, 2.05) is 0 Å². The Labute approximate surface area is 174 Å². The molecule has 4 saturated heterocycles. The van der Waals surface area contributed by atoms with Crippen LogP contribution in [0.3, 0.4) is 0 Å². The van der Waals surface area contributed by atoms with E-state index < -0.39 is 0 Å². The monoisotopic (exact) mass is 390 g/mol. The zero-order valence-electron chi connectivity index (χ0n) is 18.9. The molecule has 28 heavy (non-hydrogen) atoms. The molecule has 0 aromatic carbocycles. The molecular weight excluding hydrogens is 344 g/mol. The molecule has 0 aromatic rings. The van der Waals surface area contributed by atoms with Crippen LogP contribution in [0.15, 0.2) is 0 Å². The van der Waals surface area contributed by atoms with E-state index in [0.717, 1.165) is 12.0 Å². The third-order valence-corrected chi connectivity index (χ3v) is 8.56. The van der Waals surface area contributed by atoms with Gasteiger partial charge in [0, 0.05) is 37.3 Å². The molecule has 162 valence electrons. The molecule has 4 unspecified atom stereocenters. The molecule has 2 spiro atoms. The highest BCUT2D eigenvalue weighted by molar-refractivity contribution is 4.99. The first kappa shape index (κ1) is 21.1. The second-order valence-electron chi connectivity index (χ2n) is 11.2. The van der Waals surface area contributed by atoms with Crippen molar-refractivity contribution in [3.8, 4) is 0 Å². The molecule has 4 nitrogen and oxygen atoms in total. The average Bonchev–Trinajstić information content (AvgIpc) is 2.69. The molecule has 0 radical (unpaired) electrons. The molecule has 4 rings (SSSR count). The maximum absolute atomic E-state index is 3.93. The van der Waals surface area contributed by atoms with E-state index in [1.165, 1.54) is 104 Å². The second-order valence-corrected chi connectivity index (χ2v) is 11.2. The highest BCUT2D eigenvalue weighted by Gasteiger charge is 2.42.